The van der Waals surface area contributed by atoms with Gasteiger partial charge in [-0.2, -0.15) is 0 Å². The van der Waals surface area contributed by atoms with Crippen LogP contribution in [0.1, 0.15) is 195 Å². The van der Waals surface area contributed by atoms with Gasteiger partial charge in [-0.3, -0.25) is 9.59 Å². The van der Waals surface area contributed by atoms with Gasteiger partial charge >= 0.3 is 11.9 Å². The van der Waals surface area contributed by atoms with E-state index in [4.69, 9.17) is 9.47 Å². The van der Waals surface area contributed by atoms with Gasteiger partial charge in [-0.05, 0) is 24.7 Å². The molecule has 0 rings (SSSR count). The minimum atomic E-state index is -0.762. The van der Waals surface area contributed by atoms with E-state index in [1.54, 1.807) is 0 Å². The lowest BCUT2D eigenvalue weighted by Crippen LogP contribution is -2.28. The molecule has 1 N–H and O–H groups in total. The lowest BCUT2D eigenvalue weighted by atomic mass is 10.00. The maximum Gasteiger partial charge on any atom is 0.306 e. The SMILES string of the molecule is CCC(C)CCCCCCCCC(=O)OC[C@H](CO)OC(=O)CCCCCCCCCCCCCCCCCC(C)C. The van der Waals surface area contributed by atoms with Crippen LogP contribution in [0.15, 0.2) is 0 Å². The van der Waals surface area contributed by atoms with Crippen LogP contribution in [-0.4, -0.2) is 36.4 Å². The van der Waals surface area contributed by atoms with E-state index in [1.807, 2.05) is 0 Å². The number of hydrogen-bond acceptors (Lipinski definition) is 5. The number of ether oxygens (including phenoxy) is 2. The summed E-state index contributed by atoms with van der Waals surface area (Å²) in [6.07, 6.45) is 30.2. The largest absolute Gasteiger partial charge is 0.462 e. The Kier molecular flexibility index (Phi) is 30.5. The Morgan fingerprint density at radius 3 is 1.33 bits per heavy atom. The first kappa shape index (κ1) is 40.9. The third-order valence-electron chi connectivity index (χ3n) is 8.62. The van der Waals surface area contributed by atoms with Crippen molar-refractivity contribution < 1.29 is 24.2 Å². The number of aliphatic hydroxyl groups is 1. The first-order valence-corrected chi connectivity index (χ1v) is 18.3. The van der Waals surface area contributed by atoms with E-state index in [0.29, 0.717) is 12.8 Å². The van der Waals surface area contributed by atoms with Crippen LogP contribution in [-0.2, 0) is 19.1 Å². The Morgan fingerprint density at radius 1 is 0.548 bits per heavy atom. The molecule has 0 aliphatic carbocycles. The molecule has 0 aromatic carbocycles. The number of carbonyl (C=O) groups excluding carboxylic acids is 2. The summed E-state index contributed by atoms with van der Waals surface area (Å²) in [7, 11) is 0. The number of carbonyl (C=O) groups is 2. The van der Waals surface area contributed by atoms with Crippen molar-refractivity contribution >= 4 is 11.9 Å². The van der Waals surface area contributed by atoms with Gasteiger partial charge in [-0.15, -0.1) is 0 Å². The Balaban J connectivity index is 3.51. The van der Waals surface area contributed by atoms with Crippen LogP contribution >= 0.6 is 0 Å². The predicted molar refractivity (Wildman–Crippen MR) is 178 cm³/mol. The topological polar surface area (TPSA) is 72.8 Å². The minimum Gasteiger partial charge on any atom is -0.462 e. The zero-order valence-electron chi connectivity index (χ0n) is 28.6. The molecule has 5 heteroatoms. The van der Waals surface area contributed by atoms with Gasteiger partial charge in [0.2, 0.25) is 0 Å². The standard InChI is InChI=1S/C37H72O5/c1-5-34(4)28-24-20-17-18-21-25-29-36(39)41-32-35(31-38)42-37(40)30-26-22-16-14-12-10-8-6-7-9-11-13-15-19-23-27-33(2)3/h33-35,38H,5-32H2,1-4H3/t34?,35-/m0/s1. The van der Waals surface area contributed by atoms with Crippen LogP contribution < -0.4 is 0 Å². The quantitative estimate of drug-likeness (QED) is 0.0617. The van der Waals surface area contributed by atoms with Crippen molar-refractivity contribution in [3.05, 3.63) is 0 Å². The van der Waals surface area contributed by atoms with Gasteiger partial charge in [-0.25, -0.2) is 0 Å². The Hall–Kier alpha value is -1.10. The number of esters is 2. The average molecular weight is 597 g/mol. The molecule has 2 atom stereocenters. The van der Waals surface area contributed by atoms with Crippen molar-refractivity contribution in [2.24, 2.45) is 11.8 Å². The Bertz CT molecular complexity index is 591. The molecular weight excluding hydrogens is 524 g/mol. The summed E-state index contributed by atoms with van der Waals surface area (Å²) in [5, 5.41) is 9.51. The summed E-state index contributed by atoms with van der Waals surface area (Å²) in [5.41, 5.74) is 0. The van der Waals surface area contributed by atoms with Gasteiger partial charge in [-0.1, -0.05) is 169 Å². The Morgan fingerprint density at radius 2 is 0.929 bits per heavy atom. The molecule has 5 nitrogen and oxygen atoms in total. The number of hydrogen-bond donors (Lipinski definition) is 1. The molecule has 0 aliphatic rings. The minimum absolute atomic E-state index is 0.0604. The van der Waals surface area contributed by atoms with E-state index in [9.17, 15) is 14.7 Å². The highest BCUT2D eigenvalue weighted by molar-refractivity contribution is 5.70. The van der Waals surface area contributed by atoms with E-state index in [0.717, 1.165) is 50.4 Å². The first-order chi connectivity index (χ1) is 20.4. The van der Waals surface area contributed by atoms with Gasteiger partial charge in [0, 0.05) is 12.8 Å². The monoisotopic (exact) mass is 597 g/mol. The summed E-state index contributed by atoms with van der Waals surface area (Å²) in [6, 6.07) is 0. The molecule has 0 fully saturated rings. The predicted octanol–water partition coefficient (Wildman–Crippen LogP) is 10.9. The fourth-order valence-corrected chi connectivity index (χ4v) is 5.42. The highest BCUT2D eigenvalue weighted by atomic mass is 16.6. The van der Waals surface area contributed by atoms with Crippen LogP contribution in [0, 0.1) is 11.8 Å². The van der Waals surface area contributed by atoms with Crippen LogP contribution in [0.2, 0.25) is 0 Å². The summed E-state index contributed by atoms with van der Waals surface area (Å²) < 4.78 is 10.6. The van der Waals surface area contributed by atoms with Crippen LogP contribution in [0.3, 0.4) is 0 Å². The number of unbranched alkanes of at least 4 members (excludes halogenated alkanes) is 19. The second-order valence-corrected chi connectivity index (χ2v) is 13.4. The molecule has 0 aliphatic heterocycles. The molecule has 1 unspecified atom stereocenters. The first-order valence-electron chi connectivity index (χ1n) is 18.3. The third kappa shape index (κ3) is 30.4. The fourth-order valence-electron chi connectivity index (χ4n) is 5.42. The highest BCUT2D eigenvalue weighted by Crippen LogP contribution is 2.16. The van der Waals surface area contributed by atoms with Gasteiger partial charge < -0.3 is 14.6 Å². The van der Waals surface area contributed by atoms with Gasteiger partial charge in [0.05, 0.1) is 6.61 Å². The van der Waals surface area contributed by atoms with Crippen molar-refractivity contribution in [2.45, 2.75) is 201 Å². The molecule has 250 valence electrons. The van der Waals surface area contributed by atoms with Crippen molar-refractivity contribution in [2.75, 3.05) is 13.2 Å². The van der Waals surface area contributed by atoms with Crippen molar-refractivity contribution in [1.82, 2.24) is 0 Å². The lowest BCUT2D eigenvalue weighted by Gasteiger charge is -2.15. The molecule has 0 heterocycles. The molecule has 0 spiro atoms. The van der Waals surface area contributed by atoms with Crippen LogP contribution in [0.5, 0.6) is 0 Å². The summed E-state index contributed by atoms with van der Waals surface area (Å²) >= 11 is 0. The van der Waals surface area contributed by atoms with E-state index >= 15 is 0 Å². The van der Waals surface area contributed by atoms with Gasteiger partial charge in [0.1, 0.15) is 6.61 Å². The highest BCUT2D eigenvalue weighted by Gasteiger charge is 2.16. The molecule has 0 saturated heterocycles. The number of rotatable bonds is 32. The average Bonchev–Trinajstić information content (AvgIpc) is 2.97. The van der Waals surface area contributed by atoms with E-state index < -0.39 is 6.10 Å². The lowest BCUT2D eigenvalue weighted by molar-refractivity contribution is -0.161. The van der Waals surface area contributed by atoms with Crippen LogP contribution in [0.25, 0.3) is 0 Å². The Labute approximate surface area is 261 Å². The fraction of sp³-hybridized carbons (Fsp3) is 0.946. The van der Waals surface area contributed by atoms with Crippen molar-refractivity contribution in [3.8, 4) is 0 Å². The van der Waals surface area contributed by atoms with Gasteiger partial charge in [0.15, 0.2) is 6.10 Å². The summed E-state index contributed by atoms with van der Waals surface area (Å²) in [4.78, 5) is 24.1. The second-order valence-electron chi connectivity index (χ2n) is 13.4. The van der Waals surface area contributed by atoms with E-state index in [-0.39, 0.29) is 25.2 Å². The molecule has 0 radical (unpaired) electrons. The summed E-state index contributed by atoms with van der Waals surface area (Å²) in [5.74, 6) is 1.10. The normalized spacial score (nSPS) is 12.9. The molecular formula is C37H72O5. The van der Waals surface area contributed by atoms with Gasteiger partial charge in [0.25, 0.3) is 0 Å². The van der Waals surface area contributed by atoms with E-state index in [1.165, 1.54) is 116 Å². The molecule has 0 bridgehead atoms. The maximum absolute atomic E-state index is 12.1. The molecule has 0 saturated carbocycles. The maximum atomic E-state index is 12.1. The molecule has 42 heavy (non-hydrogen) atoms. The van der Waals surface area contributed by atoms with E-state index in [2.05, 4.69) is 27.7 Å². The summed E-state index contributed by atoms with van der Waals surface area (Å²) in [6.45, 7) is 8.81. The zero-order chi connectivity index (χ0) is 31.1. The molecule has 0 aromatic heterocycles. The smallest absolute Gasteiger partial charge is 0.306 e. The molecule has 0 amide bonds. The zero-order valence-corrected chi connectivity index (χ0v) is 28.6. The second kappa shape index (κ2) is 31.3. The van der Waals surface area contributed by atoms with Crippen molar-refractivity contribution in [3.63, 3.8) is 0 Å². The van der Waals surface area contributed by atoms with Crippen molar-refractivity contribution in [1.29, 1.82) is 0 Å². The third-order valence-corrected chi connectivity index (χ3v) is 8.62. The van der Waals surface area contributed by atoms with Crippen LogP contribution in [0.4, 0.5) is 0 Å². The molecule has 0 aromatic rings. The number of aliphatic hydroxyl groups excluding tert-OH is 1.